The van der Waals surface area contributed by atoms with Gasteiger partial charge >= 0.3 is 0 Å². The van der Waals surface area contributed by atoms with Crippen LogP contribution in [-0.2, 0) is 0 Å². The lowest BCUT2D eigenvalue weighted by molar-refractivity contribution is 0.487. The molecule has 1 heterocycles. The summed E-state index contributed by atoms with van der Waals surface area (Å²) in [6.07, 6.45) is 0. The van der Waals surface area contributed by atoms with E-state index < -0.39 is 0 Å². The number of nitriles is 1. The number of ether oxygens (including phenoxy) is 1. The molecule has 0 radical (unpaired) electrons. The standard InChI is InChI=1S/C41H23NO/c42-24-29-17-20-36-35-19-16-27(22-40(35)43-39-14-6-13-31(29)41(36)39)26-8-5-9-28(21-26)37-23-38-30-10-2-1-7-25(30)15-18-34(38)32-11-3-4-12-33(32)37/h1-23H. The molecule has 0 aliphatic carbocycles. The highest BCUT2D eigenvalue weighted by Gasteiger charge is 2.22. The van der Waals surface area contributed by atoms with Crippen LogP contribution in [0.3, 0.4) is 0 Å². The smallest absolute Gasteiger partial charge is 0.135 e. The zero-order valence-corrected chi connectivity index (χ0v) is 23.1. The zero-order valence-electron chi connectivity index (χ0n) is 23.1. The predicted molar refractivity (Wildman–Crippen MR) is 178 cm³/mol. The Balaban J connectivity index is 1.21. The van der Waals surface area contributed by atoms with Gasteiger partial charge in [-0.2, -0.15) is 5.26 Å². The lowest BCUT2D eigenvalue weighted by Crippen LogP contribution is -1.98. The Bertz CT molecular complexity index is 2500. The van der Waals surface area contributed by atoms with Crippen molar-refractivity contribution in [3.8, 4) is 50.9 Å². The summed E-state index contributed by atoms with van der Waals surface area (Å²) in [7, 11) is 0. The van der Waals surface area contributed by atoms with Gasteiger partial charge in [-0.1, -0.05) is 103 Å². The van der Waals surface area contributed by atoms with Gasteiger partial charge in [0.25, 0.3) is 0 Å². The molecule has 2 heteroatoms. The first kappa shape index (κ1) is 23.8. The minimum atomic E-state index is 0.662. The Hall–Kier alpha value is -5.91. The van der Waals surface area contributed by atoms with Crippen molar-refractivity contribution < 1.29 is 4.74 Å². The van der Waals surface area contributed by atoms with E-state index in [0.29, 0.717) is 5.56 Å². The number of rotatable bonds is 2. The van der Waals surface area contributed by atoms with Crippen molar-refractivity contribution >= 4 is 43.1 Å². The molecule has 0 saturated heterocycles. The van der Waals surface area contributed by atoms with Gasteiger partial charge in [0.15, 0.2) is 0 Å². The molecule has 0 unspecified atom stereocenters. The van der Waals surface area contributed by atoms with Gasteiger partial charge in [-0.3, -0.25) is 0 Å². The third-order valence-electron chi connectivity index (χ3n) is 8.89. The molecule has 1 aliphatic rings. The molecule has 2 nitrogen and oxygen atoms in total. The van der Waals surface area contributed by atoms with Crippen molar-refractivity contribution in [3.05, 3.63) is 145 Å². The van der Waals surface area contributed by atoms with Crippen LogP contribution in [0.2, 0.25) is 0 Å². The molecule has 8 aromatic rings. The van der Waals surface area contributed by atoms with Crippen molar-refractivity contribution in [3.63, 3.8) is 0 Å². The van der Waals surface area contributed by atoms with Crippen LogP contribution in [0.1, 0.15) is 5.56 Å². The van der Waals surface area contributed by atoms with E-state index in [2.05, 4.69) is 115 Å². The van der Waals surface area contributed by atoms with Crippen molar-refractivity contribution in [2.75, 3.05) is 0 Å². The third-order valence-corrected chi connectivity index (χ3v) is 8.89. The maximum absolute atomic E-state index is 9.64. The van der Waals surface area contributed by atoms with Gasteiger partial charge in [0.1, 0.15) is 11.5 Å². The monoisotopic (exact) mass is 545 g/mol. The minimum absolute atomic E-state index is 0.662. The Kier molecular flexibility index (Phi) is 5.00. The predicted octanol–water partition coefficient (Wildman–Crippen LogP) is 11.3. The number of fused-ring (bicyclic) bond motifs is 7. The van der Waals surface area contributed by atoms with Crippen LogP contribution in [0.5, 0.6) is 11.5 Å². The number of hydrogen-bond acceptors (Lipinski definition) is 2. The van der Waals surface area contributed by atoms with Crippen LogP contribution < -0.4 is 4.74 Å². The third kappa shape index (κ3) is 3.52. The first-order chi connectivity index (χ1) is 21.3. The number of nitrogens with zero attached hydrogens (tertiary/aromatic N) is 1. The van der Waals surface area contributed by atoms with Crippen molar-refractivity contribution in [1.29, 1.82) is 5.26 Å². The van der Waals surface area contributed by atoms with Gasteiger partial charge in [0.05, 0.1) is 11.6 Å². The zero-order chi connectivity index (χ0) is 28.5. The number of hydrogen-bond donors (Lipinski definition) is 0. The number of benzene rings is 8. The Morgan fingerprint density at radius 3 is 2.05 bits per heavy atom. The fourth-order valence-electron chi connectivity index (χ4n) is 6.87. The maximum atomic E-state index is 9.64. The van der Waals surface area contributed by atoms with E-state index in [-0.39, 0.29) is 0 Å². The molecule has 0 spiro atoms. The summed E-state index contributed by atoms with van der Waals surface area (Å²) < 4.78 is 6.46. The molecular formula is C41H23NO. The highest BCUT2D eigenvalue weighted by atomic mass is 16.5. The minimum Gasteiger partial charge on any atom is -0.456 e. The van der Waals surface area contributed by atoms with Crippen LogP contribution in [0, 0.1) is 11.3 Å². The molecule has 0 N–H and O–H groups in total. The van der Waals surface area contributed by atoms with E-state index in [1.807, 2.05) is 30.3 Å². The van der Waals surface area contributed by atoms with Crippen LogP contribution in [0.15, 0.2) is 140 Å². The van der Waals surface area contributed by atoms with Crippen LogP contribution in [-0.4, -0.2) is 0 Å². The molecule has 0 bridgehead atoms. The van der Waals surface area contributed by atoms with Gasteiger partial charge in [-0.15, -0.1) is 0 Å². The lowest BCUT2D eigenvalue weighted by Gasteiger charge is -2.22. The molecule has 198 valence electrons. The van der Waals surface area contributed by atoms with Crippen molar-refractivity contribution in [2.45, 2.75) is 0 Å². The second kappa shape index (κ2) is 9.05. The fourth-order valence-corrected chi connectivity index (χ4v) is 6.87. The average molecular weight is 546 g/mol. The van der Waals surface area contributed by atoms with Gasteiger partial charge in [-0.25, -0.2) is 0 Å². The quantitative estimate of drug-likeness (QED) is 0.202. The van der Waals surface area contributed by atoms with Gasteiger partial charge in [-0.05, 0) is 96.5 Å². The first-order valence-electron chi connectivity index (χ1n) is 14.5. The van der Waals surface area contributed by atoms with Crippen molar-refractivity contribution in [2.24, 2.45) is 0 Å². The average Bonchev–Trinajstić information content (AvgIpc) is 3.07. The topological polar surface area (TPSA) is 33.0 Å². The van der Waals surface area contributed by atoms with Gasteiger partial charge < -0.3 is 4.74 Å². The normalized spacial score (nSPS) is 11.9. The highest BCUT2D eigenvalue weighted by Crippen LogP contribution is 2.48. The molecular weight excluding hydrogens is 522 g/mol. The van der Waals surface area contributed by atoms with E-state index in [9.17, 15) is 5.26 Å². The summed E-state index contributed by atoms with van der Waals surface area (Å²) in [5.41, 5.74) is 7.44. The molecule has 43 heavy (non-hydrogen) atoms. The maximum Gasteiger partial charge on any atom is 0.135 e. The summed E-state index contributed by atoms with van der Waals surface area (Å²) in [5.74, 6) is 1.62. The van der Waals surface area contributed by atoms with Crippen LogP contribution in [0.25, 0.3) is 76.5 Å². The molecule has 0 amide bonds. The van der Waals surface area contributed by atoms with E-state index in [1.54, 1.807) is 0 Å². The summed E-state index contributed by atoms with van der Waals surface area (Å²) in [5, 5.41) is 19.1. The molecule has 0 saturated carbocycles. The summed E-state index contributed by atoms with van der Waals surface area (Å²) >= 11 is 0. The molecule has 8 aromatic carbocycles. The summed E-state index contributed by atoms with van der Waals surface area (Å²) in [6, 6.07) is 51.7. The fraction of sp³-hybridized carbons (Fsp3) is 0. The van der Waals surface area contributed by atoms with Gasteiger partial charge in [0, 0.05) is 16.3 Å². The molecule has 0 atom stereocenters. The van der Waals surface area contributed by atoms with Gasteiger partial charge in [0.2, 0.25) is 0 Å². The van der Waals surface area contributed by atoms with Crippen LogP contribution in [0.4, 0.5) is 0 Å². The van der Waals surface area contributed by atoms with E-state index in [0.717, 1.165) is 44.5 Å². The largest absolute Gasteiger partial charge is 0.456 e. The van der Waals surface area contributed by atoms with E-state index in [4.69, 9.17) is 4.74 Å². The summed E-state index contributed by atoms with van der Waals surface area (Å²) in [4.78, 5) is 0. The molecule has 9 rings (SSSR count). The second-order valence-electron chi connectivity index (χ2n) is 11.2. The Morgan fingerprint density at radius 2 is 1.14 bits per heavy atom. The molecule has 0 aromatic heterocycles. The SMILES string of the molecule is N#Cc1ccc2c3c(cccc13)Oc1cc(-c3cccc(-c4cc5c6ccccc6ccc5c5ccccc45)c3)ccc1-2. The van der Waals surface area contributed by atoms with Crippen molar-refractivity contribution in [1.82, 2.24) is 0 Å². The Morgan fingerprint density at radius 1 is 0.419 bits per heavy atom. The molecule has 1 aliphatic heterocycles. The van der Waals surface area contributed by atoms with E-state index in [1.165, 1.54) is 43.4 Å². The highest BCUT2D eigenvalue weighted by molar-refractivity contribution is 6.21. The Labute approximate surface area is 248 Å². The molecule has 0 fully saturated rings. The first-order valence-corrected chi connectivity index (χ1v) is 14.5. The summed E-state index contributed by atoms with van der Waals surface area (Å²) in [6.45, 7) is 0. The lowest BCUT2D eigenvalue weighted by atomic mass is 9.89. The second-order valence-corrected chi connectivity index (χ2v) is 11.2. The van der Waals surface area contributed by atoms with E-state index >= 15 is 0 Å². The van der Waals surface area contributed by atoms with Crippen LogP contribution >= 0.6 is 0 Å².